The molecule has 5 nitrogen and oxygen atoms in total. The molecule has 1 aliphatic heterocycles. The zero-order valence-electron chi connectivity index (χ0n) is 9.31. The Morgan fingerprint density at radius 3 is 3.00 bits per heavy atom. The molecule has 90 valence electrons. The first-order valence-electron chi connectivity index (χ1n) is 5.25. The van der Waals surface area contributed by atoms with Crippen LogP contribution in [0.15, 0.2) is 27.9 Å². The van der Waals surface area contributed by atoms with E-state index in [1.807, 2.05) is 25.3 Å². The van der Waals surface area contributed by atoms with Gasteiger partial charge < -0.3 is 10.1 Å². The van der Waals surface area contributed by atoms with Gasteiger partial charge in [0, 0.05) is 12.2 Å². The summed E-state index contributed by atoms with van der Waals surface area (Å²) in [5, 5.41) is 3.14. The third kappa shape index (κ3) is 3.52. The van der Waals surface area contributed by atoms with Crippen LogP contribution in [0.25, 0.3) is 0 Å². The molecule has 1 aromatic rings. The average molecular weight is 298 g/mol. The molecule has 0 spiro atoms. The number of amidine groups is 1. The lowest BCUT2D eigenvalue weighted by Gasteiger charge is -2.13. The summed E-state index contributed by atoms with van der Waals surface area (Å²) in [6.45, 7) is 2.26. The van der Waals surface area contributed by atoms with E-state index in [1.54, 1.807) is 0 Å². The maximum absolute atomic E-state index is 10.8. The Labute approximate surface area is 107 Å². The van der Waals surface area contributed by atoms with E-state index < -0.39 is 6.09 Å². The second kappa shape index (κ2) is 5.27. The van der Waals surface area contributed by atoms with E-state index in [0.717, 1.165) is 16.6 Å². The first kappa shape index (κ1) is 12.0. The molecule has 1 N–H and O–H groups in total. The maximum Gasteiger partial charge on any atom is 0.435 e. The first-order chi connectivity index (χ1) is 8.13. The fourth-order valence-electron chi connectivity index (χ4n) is 1.59. The smallest absolute Gasteiger partial charge is 0.435 e. The Kier molecular flexibility index (Phi) is 3.73. The number of aromatic nitrogens is 1. The van der Waals surface area contributed by atoms with Gasteiger partial charge in [-0.2, -0.15) is 4.99 Å². The molecule has 0 saturated carbocycles. The Balaban J connectivity index is 1.89. The molecular formula is C11H12BrN3O2. The number of hydrogen-bond acceptors (Lipinski definition) is 4. The van der Waals surface area contributed by atoms with Gasteiger partial charge in [0.2, 0.25) is 0 Å². The second-order valence-corrected chi connectivity index (χ2v) is 4.66. The van der Waals surface area contributed by atoms with Crippen LogP contribution in [0.5, 0.6) is 0 Å². The number of halogens is 1. The van der Waals surface area contributed by atoms with E-state index in [0.29, 0.717) is 5.84 Å². The average Bonchev–Trinajstić information content (AvgIpc) is 2.67. The normalized spacial score (nSPS) is 16.4. The minimum atomic E-state index is -0.523. The molecule has 1 unspecified atom stereocenters. The Morgan fingerprint density at radius 1 is 1.59 bits per heavy atom. The fraction of sp³-hybridized carbons (Fsp3) is 0.364. The van der Waals surface area contributed by atoms with E-state index in [-0.39, 0.29) is 12.6 Å². The number of cyclic esters (lactones) is 1. The van der Waals surface area contributed by atoms with Crippen molar-refractivity contribution in [2.24, 2.45) is 4.99 Å². The van der Waals surface area contributed by atoms with Gasteiger partial charge in [0.15, 0.2) is 6.61 Å². The van der Waals surface area contributed by atoms with Crippen LogP contribution < -0.4 is 5.32 Å². The SMILES string of the molecule is CC(Cc1ccc(Br)nc1)NC1=NC(=O)OC1. The summed E-state index contributed by atoms with van der Waals surface area (Å²) in [5.41, 5.74) is 1.12. The number of nitrogens with one attached hydrogen (secondary N) is 1. The van der Waals surface area contributed by atoms with Crippen LogP contribution in [0.4, 0.5) is 4.79 Å². The van der Waals surface area contributed by atoms with Crippen molar-refractivity contribution in [1.82, 2.24) is 10.3 Å². The highest BCUT2D eigenvalue weighted by atomic mass is 79.9. The van der Waals surface area contributed by atoms with Gasteiger partial charge in [-0.3, -0.25) is 0 Å². The third-order valence-electron chi connectivity index (χ3n) is 2.30. The van der Waals surface area contributed by atoms with Gasteiger partial charge in [-0.25, -0.2) is 9.78 Å². The predicted octanol–water partition coefficient (Wildman–Crippen LogP) is 1.91. The van der Waals surface area contributed by atoms with Gasteiger partial charge in [0.05, 0.1) is 0 Å². The summed E-state index contributed by atoms with van der Waals surface area (Å²) in [5.74, 6) is 0.590. The number of hydrogen-bond donors (Lipinski definition) is 1. The molecule has 0 aliphatic carbocycles. The van der Waals surface area contributed by atoms with E-state index in [9.17, 15) is 4.79 Å². The van der Waals surface area contributed by atoms with Crippen molar-refractivity contribution in [2.45, 2.75) is 19.4 Å². The molecule has 0 saturated heterocycles. The molecule has 0 bridgehead atoms. The summed E-state index contributed by atoms with van der Waals surface area (Å²) in [6.07, 6.45) is 2.11. The quantitative estimate of drug-likeness (QED) is 0.866. The molecule has 1 aromatic heterocycles. The number of carbonyl (C=O) groups is 1. The molecule has 1 aliphatic rings. The molecule has 1 atom stereocenters. The summed E-state index contributed by atoms with van der Waals surface area (Å²) >= 11 is 3.29. The number of pyridine rings is 1. The van der Waals surface area contributed by atoms with Crippen LogP contribution in [0.3, 0.4) is 0 Å². The number of nitrogens with zero attached hydrogens (tertiary/aromatic N) is 2. The molecular weight excluding hydrogens is 286 g/mol. The van der Waals surface area contributed by atoms with Gasteiger partial charge in [-0.1, -0.05) is 6.07 Å². The summed E-state index contributed by atoms with van der Waals surface area (Å²) < 4.78 is 5.53. The molecule has 2 heterocycles. The summed E-state index contributed by atoms with van der Waals surface area (Å²) in [4.78, 5) is 18.6. The van der Waals surface area contributed by atoms with Crippen LogP contribution in [-0.2, 0) is 11.2 Å². The van der Waals surface area contributed by atoms with Gasteiger partial charge >= 0.3 is 6.09 Å². The molecule has 6 heteroatoms. The highest BCUT2D eigenvalue weighted by molar-refractivity contribution is 9.10. The molecule has 0 fully saturated rings. The largest absolute Gasteiger partial charge is 0.440 e. The van der Waals surface area contributed by atoms with Gasteiger partial charge in [-0.05, 0) is 40.9 Å². The van der Waals surface area contributed by atoms with Crippen LogP contribution in [0.2, 0.25) is 0 Å². The minimum absolute atomic E-state index is 0.172. The van der Waals surface area contributed by atoms with Crippen molar-refractivity contribution < 1.29 is 9.53 Å². The standard InChI is InChI=1S/C11H12BrN3O2/c1-7(14-10-6-17-11(16)15-10)4-8-2-3-9(12)13-5-8/h2-3,5,7H,4,6H2,1H3,(H,14,15,16). The van der Waals surface area contributed by atoms with Crippen LogP contribution >= 0.6 is 15.9 Å². The molecule has 0 radical (unpaired) electrons. The van der Waals surface area contributed by atoms with E-state index >= 15 is 0 Å². The number of carbonyl (C=O) groups excluding carboxylic acids is 1. The zero-order chi connectivity index (χ0) is 12.3. The molecule has 2 rings (SSSR count). The lowest BCUT2D eigenvalue weighted by molar-refractivity contribution is 0.180. The van der Waals surface area contributed by atoms with Gasteiger partial charge in [0.1, 0.15) is 10.4 Å². The molecule has 1 amide bonds. The topological polar surface area (TPSA) is 63.6 Å². The Morgan fingerprint density at radius 2 is 2.41 bits per heavy atom. The van der Waals surface area contributed by atoms with Gasteiger partial charge in [-0.15, -0.1) is 0 Å². The number of rotatable bonds is 3. The second-order valence-electron chi connectivity index (χ2n) is 3.85. The minimum Gasteiger partial charge on any atom is -0.440 e. The van der Waals surface area contributed by atoms with Crippen LogP contribution in [-0.4, -0.2) is 29.6 Å². The van der Waals surface area contributed by atoms with Crippen molar-refractivity contribution in [3.63, 3.8) is 0 Å². The van der Waals surface area contributed by atoms with E-state index in [4.69, 9.17) is 4.74 Å². The van der Waals surface area contributed by atoms with E-state index in [1.165, 1.54) is 0 Å². The maximum atomic E-state index is 10.8. The lowest BCUT2D eigenvalue weighted by atomic mass is 10.1. The summed E-state index contributed by atoms with van der Waals surface area (Å²) in [6, 6.07) is 4.08. The third-order valence-corrected chi connectivity index (χ3v) is 2.77. The van der Waals surface area contributed by atoms with Crippen molar-refractivity contribution in [3.8, 4) is 0 Å². The molecule has 0 aromatic carbocycles. The van der Waals surface area contributed by atoms with Crippen molar-refractivity contribution >= 4 is 27.9 Å². The number of amides is 1. The van der Waals surface area contributed by atoms with Crippen LogP contribution in [0, 0.1) is 0 Å². The number of aliphatic imine (C=N–C) groups is 1. The Bertz CT molecular complexity index is 445. The lowest BCUT2D eigenvalue weighted by Crippen LogP contribution is -2.34. The van der Waals surface area contributed by atoms with Crippen molar-refractivity contribution in [1.29, 1.82) is 0 Å². The van der Waals surface area contributed by atoms with Crippen molar-refractivity contribution in [3.05, 3.63) is 28.5 Å². The zero-order valence-corrected chi connectivity index (χ0v) is 10.9. The highest BCUT2D eigenvalue weighted by Gasteiger charge is 2.16. The predicted molar refractivity (Wildman–Crippen MR) is 67.0 cm³/mol. The molecule has 17 heavy (non-hydrogen) atoms. The first-order valence-corrected chi connectivity index (χ1v) is 6.04. The van der Waals surface area contributed by atoms with Gasteiger partial charge in [0.25, 0.3) is 0 Å². The van der Waals surface area contributed by atoms with Crippen LogP contribution in [0.1, 0.15) is 12.5 Å². The fourth-order valence-corrected chi connectivity index (χ4v) is 1.83. The monoisotopic (exact) mass is 297 g/mol. The van der Waals surface area contributed by atoms with Crippen molar-refractivity contribution in [2.75, 3.05) is 6.61 Å². The Hall–Kier alpha value is -1.43. The highest BCUT2D eigenvalue weighted by Crippen LogP contribution is 2.08. The summed E-state index contributed by atoms with van der Waals surface area (Å²) in [7, 11) is 0. The van der Waals surface area contributed by atoms with E-state index in [2.05, 4.69) is 31.2 Å². The number of ether oxygens (including phenoxy) is 1.